The molecule has 1 amide bonds. The zero-order chi connectivity index (χ0) is 30.8. The molecule has 4 aliphatic rings. The van der Waals surface area contributed by atoms with Crippen LogP contribution in [0.4, 0.5) is 0 Å². The zero-order valence-electron chi connectivity index (χ0n) is 24.5. The molecule has 12 heteroatoms. The number of likely N-dealkylation sites (N-methyl/N-ethyl adjacent to an activating group) is 1. The lowest BCUT2D eigenvalue weighted by Gasteiger charge is -2.50. The number of phenols is 1. The number of benzene rings is 1. The smallest absolute Gasteiger partial charge is 0.255 e. The maximum atomic E-state index is 14.0. The summed E-state index contributed by atoms with van der Waals surface area (Å²) in [6.07, 6.45) is 0.156. The van der Waals surface area contributed by atoms with E-state index in [0.29, 0.717) is 42.6 Å². The number of hydrogen-bond acceptors (Lipinski definition) is 11. The second-order valence-electron chi connectivity index (χ2n) is 12.3. The first kappa shape index (κ1) is 30.0. The van der Waals surface area contributed by atoms with E-state index in [1.807, 2.05) is 0 Å². The second kappa shape index (κ2) is 10.7. The van der Waals surface area contributed by atoms with E-state index in [0.717, 1.165) is 6.54 Å². The first-order chi connectivity index (χ1) is 19.7. The number of nitrogens with zero attached hydrogens (tertiary/aromatic N) is 2. The lowest BCUT2D eigenvalue weighted by molar-refractivity contribution is -0.153. The molecule has 0 aromatic heterocycles. The number of aromatic hydroxyl groups is 1. The number of amides is 1. The average molecular weight is 586 g/mol. The summed E-state index contributed by atoms with van der Waals surface area (Å²) in [6.45, 7) is 6.69. The quantitative estimate of drug-likeness (QED) is 0.300. The van der Waals surface area contributed by atoms with E-state index < -0.39 is 58.0 Å². The number of methoxy groups -OCH3 is 1. The van der Waals surface area contributed by atoms with Crippen LogP contribution in [0.15, 0.2) is 23.0 Å². The fourth-order valence-electron chi connectivity index (χ4n) is 7.42. The minimum absolute atomic E-state index is 0.000901. The highest BCUT2D eigenvalue weighted by Crippen LogP contribution is 2.54. The normalized spacial score (nSPS) is 30.0. The number of ketones is 2. The van der Waals surface area contributed by atoms with E-state index in [1.54, 1.807) is 14.1 Å². The number of nitrogens with two attached hydrogens (primary N) is 1. The Balaban J connectivity index is 1.68. The van der Waals surface area contributed by atoms with Crippen molar-refractivity contribution in [2.75, 3.05) is 47.5 Å². The molecule has 1 saturated heterocycles. The Morgan fingerprint density at radius 1 is 1.26 bits per heavy atom. The number of rotatable bonds is 6. The van der Waals surface area contributed by atoms with Gasteiger partial charge in [0, 0.05) is 35.7 Å². The van der Waals surface area contributed by atoms with Crippen LogP contribution in [0.3, 0.4) is 0 Å². The molecule has 1 aromatic carbocycles. The van der Waals surface area contributed by atoms with Crippen LogP contribution in [0.5, 0.6) is 11.5 Å². The van der Waals surface area contributed by atoms with Crippen LogP contribution < -0.4 is 10.5 Å². The summed E-state index contributed by atoms with van der Waals surface area (Å²) in [5.74, 6) is -6.05. The third-order valence-corrected chi connectivity index (χ3v) is 9.10. The summed E-state index contributed by atoms with van der Waals surface area (Å²) in [7, 11) is 4.63. The zero-order valence-corrected chi connectivity index (χ0v) is 24.5. The summed E-state index contributed by atoms with van der Waals surface area (Å²) in [5, 5.41) is 45.6. The number of ether oxygens (including phenoxy) is 2. The van der Waals surface area contributed by atoms with Crippen LogP contribution >= 0.6 is 0 Å². The maximum Gasteiger partial charge on any atom is 0.255 e. The van der Waals surface area contributed by atoms with Crippen molar-refractivity contribution < 1.29 is 44.3 Å². The Morgan fingerprint density at radius 3 is 2.55 bits per heavy atom. The van der Waals surface area contributed by atoms with Crippen molar-refractivity contribution in [3.63, 3.8) is 0 Å². The predicted molar refractivity (Wildman–Crippen MR) is 151 cm³/mol. The van der Waals surface area contributed by atoms with Gasteiger partial charge in [0.25, 0.3) is 5.91 Å². The molecule has 1 aliphatic heterocycles. The van der Waals surface area contributed by atoms with Crippen molar-refractivity contribution in [1.29, 1.82) is 0 Å². The first-order valence-electron chi connectivity index (χ1n) is 14.1. The summed E-state index contributed by atoms with van der Waals surface area (Å²) < 4.78 is 11.7. The van der Waals surface area contributed by atoms with Crippen LogP contribution in [0.2, 0.25) is 0 Å². The third kappa shape index (κ3) is 4.31. The molecule has 1 heterocycles. The van der Waals surface area contributed by atoms with E-state index >= 15 is 0 Å². The lowest BCUT2D eigenvalue weighted by Crippen LogP contribution is -2.65. The standard InChI is InChI=1S/C30H39N3O9/c1-13(2)11-33-6-7-42-12-18(33)15-10-19(34)21-16(26(15)41-5)8-14-9-17-23(32(3)4)25(36)22(29(31)39)28(38)30(17,40)27(37)20(14)24(21)35/h10,13-14,17-18,23,34-35,38,40H,6-9,11-12H2,1-5H3,(H2,31,39)/t14-,17-,18?,23-,30-/m0/s1. The van der Waals surface area contributed by atoms with Crippen molar-refractivity contribution in [3.05, 3.63) is 39.7 Å². The van der Waals surface area contributed by atoms with Gasteiger partial charge in [-0.25, -0.2) is 0 Å². The van der Waals surface area contributed by atoms with Crippen molar-refractivity contribution >= 4 is 23.2 Å². The maximum absolute atomic E-state index is 14.0. The number of fused-ring (bicyclic) bond motifs is 3. The average Bonchev–Trinajstić information content (AvgIpc) is 2.90. The molecule has 1 unspecified atom stereocenters. The number of aliphatic hydroxyl groups is 3. The van der Waals surface area contributed by atoms with E-state index in [2.05, 4.69) is 18.7 Å². The van der Waals surface area contributed by atoms with E-state index in [1.165, 1.54) is 18.1 Å². The minimum Gasteiger partial charge on any atom is -0.508 e. The minimum atomic E-state index is -2.68. The second-order valence-corrected chi connectivity index (χ2v) is 12.3. The van der Waals surface area contributed by atoms with Gasteiger partial charge in [0.1, 0.15) is 28.6 Å². The van der Waals surface area contributed by atoms with E-state index in [-0.39, 0.29) is 35.8 Å². The Labute approximate surface area is 244 Å². The monoisotopic (exact) mass is 585 g/mol. The molecular weight excluding hydrogens is 546 g/mol. The molecule has 0 bridgehead atoms. The van der Waals surface area contributed by atoms with Gasteiger partial charge in [-0.2, -0.15) is 0 Å². The van der Waals surface area contributed by atoms with Gasteiger partial charge in [0.2, 0.25) is 5.78 Å². The molecule has 1 aromatic rings. The molecular formula is C30H39N3O9. The molecule has 3 aliphatic carbocycles. The SMILES string of the molecule is COc1c(C2COCCN2CC(C)C)cc(O)c2c1C[C@H]1C[C@H]3[C@H](N(C)C)C(=O)C(C(N)=O)=C(O)[C@@]3(O)C(=O)C1=C2O. The van der Waals surface area contributed by atoms with Gasteiger partial charge < -0.3 is 35.6 Å². The summed E-state index contributed by atoms with van der Waals surface area (Å²) in [6, 6.07) is 0.144. The number of hydrogen-bond donors (Lipinski definition) is 5. The molecule has 2 fully saturated rings. The molecule has 1 saturated carbocycles. The molecule has 0 spiro atoms. The molecule has 6 N–H and O–H groups in total. The highest BCUT2D eigenvalue weighted by Gasteiger charge is 2.64. The highest BCUT2D eigenvalue weighted by atomic mass is 16.5. The summed E-state index contributed by atoms with van der Waals surface area (Å²) in [4.78, 5) is 43.2. The fraction of sp³-hybridized carbons (Fsp3) is 0.567. The van der Waals surface area contributed by atoms with Gasteiger partial charge in [0.15, 0.2) is 11.4 Å². The molecule has 0 radical (unpaired) electrons. The summed E-state index contributed by atoms with van der Waals surface area (Å²) in [5.41, 5.74) is 2.85. The fourth-order valence-corrected chi connectivity index (χ4v) is 7.42. The van der Waals surface area contributed by atoms with Crippen LogP contribution in [-0.2, 0) is 25.5 Å². The number of phenolic OH excluding ortho intramolecular Hbond substituents is 1. The predicted octanol–water partition coefficient (Wildman–Crippen LogP) is 1.00. The molecule has 12 nitrogen and oxygen atoms in total. The van der Waals surface area contributed by atoms with Gasteiger partial charge in [-0.15, -0.1) is 0 Å². The van der Waals surface area contributed by atoms with Crippen LogP contribution in [0.1, 0.15) is 43.0 Å². The third-order valence-electron chi connectivity index (χ3n) is 9.10. The van der Waals surface area contributed by atoms with Crippen LogP contribution in [0.25, 0.3) is 5.76 Å². The molecule has 42 heavy (non-hydrogen) atoms. The largest absolute Gasteiger partial charge is 0.508 e. The van der Waals surface area contributed by atoms with Crippen molar-refractivity contribution in [3.8, 4) is 11.5 Å². The molecule has 5 rings (SSSR count). The Morgan fingerprint density at radius 2 is 1.95 bits per heavy atom. The van der Waals surface area contributed by atoms with Gasteiger partial charge in [-0.1, -0.05) is 13.8 Å². The molecule has 5 atom stereocenters. The summed E-state index contributed by atoms with van der Waals surface area (Å²) >= 11 is 0. The number of carbonyl (C=O) groups excluding carboxylic acids is 3. The number of carbonyl (C=O) groups is 3. The number of aliphatic hydroxyl groups excluding tert-OH is 2. The number of Topliss-reactive ketones (excluding diaryl/α,β-unsaturated/α-hetero) is 2. The van der Waals surface area contributed by atoms with Crippen molar-refractivity contribution in [2.45, 2.75) is 44.4 Å². The van der Waals surface area contributed by atoms with Gasteiger partial charge >= 0.3 is 0 Å². The highest BCUT2D eigenvalue weighted by molar-refractivity contribution is 6.24. The van der Waals surface area contributed by atoms with E-state index in [9.17, 15) is 34.8 Å². The van der Waals surface area contributed by atoms with Crippen LogP contribution in [-0.4, -0.2) is 107 Å². The molecule has 228 valence electrons. The van der Waals surface area contributed by atoms with Crippen LogP contribution in [0, 0.1) is 17.8 Å². The lowest BCUT2D eigenvalue weighted by atomic mass is 9.57. The van der Waals surface area contributed by atoms with Crippen molar-refractivity contribution in [1.82, 2.24) is 9.80 Å². The topological polar surface area (TPSA) is 183 Å². The van der Waals surface area contributed by atoms with Gasteiger partial charge in [0.05, 0.1) is 38.0 Å². The first-order valence-corrected chi connectivity index (χ1v) is 14.1. The Hall–Kier alpha value is -3.45. The van der Waals surface area contributed by atoms with E-state index in [4.69, 9.17) is 15.2 Å². The Kier molecular flexibility index (Phi) is 7.63. The number of morpholine rings is 1. The van der Waals surface area contributed by atoms with Crippen molar-refractivity contribution in [2.24, 2.45) is 23.5 Å². The van der Waals surface area contributed by atoms with Gasteiger partial charge in [-0.05, 0) is 44.8 Å². The van der Waals surface area contributed by atoms with Gasteiger partial charge in [-0.3, -0.25) is 24.2 Å². The Bertz CT molecular complexity index is 1410. The number of primary amides is 1.